The first-order chi connectivity index (χ1) is 12.3. The molecule has 0 radical (unpaired) electrons. The van der Waals surface area contributed by atoms with Crippen molar-refractivity contribution in [3.05, 3.63) is 71.9 Å². The molecule has 0 unspecified atom stereocenters. The van der Waals surface area contributed by atoms with E-state index in [2.05, 4.69) is 4.98 Å². The van der Waals surface area contributed by atoms with Gasteiger partial charge in [-0.2, -0.15) is 0 Å². The third-order valence-corrected chi connectivity index (χ3v) is 4.61. The molecule has 1 saturated heterocycles. The van der Waals surface area contributed by atoms with Crippen LogP contribution in [-0.2, 0) is 6.61 Å². The van der Waals surface area contributed by atoms with Crippen LogP contribution in [0.2, 0.25) is 0 Å². The zero-order valence-corrected chi connectivity index (χ0v) is 14.0. The monoisotopic (exact) mass is 332 g/mol. The molecule has 1 aliphatic rings. The smallest absolute Gasteiger partial charge is 0.253 e. The first-order valence-corrected chi connectivity index (χ1v) is 8.66. The van der Waals surface area contributed by atoms with Gasteiger partial charge in [-0.25, -0.2) is 0 Å². The highest BCUT2D eigenvalue weighted by atomic mass is 16.5. The van der Waals surface area contributed by atoms with Gasteiger partial charge in [-0.3, -0.25) is 9.78 Å². The van der Waals surface area contributed by atoms with Gasteiger partial charge in [-0.1, -0.05) is 24.3 Å². The second-order valence-electron chi connectivity index (χ2n) is 6.30. The second kappa shape index (κ2) is 6.93. The Bertz CT molecular complexity index is 879. The van der Waals surface area contributed by atoms with Crippen molar-refractivity contribution >= 4 is 16.8 Å². The molecular weight excluding hydrogens is 312 g/mol. The lowest BCUT2D eigenvalue weighted by atomic mass is 10.1. The van der Waals surface area contributed by atoms with Crippen LogP contribution in [0.3, 0.4) is 0 Å². The largest absolute Gasteiger partial charge is 0.489 e. The molecule has 25 heavy (non-hydrogen) atoms. The number of fused-ring (bicyclic) bond motifs is 1. The number of pyridine rings is 1. The number of hydrogen-bond acceptors (Lipinski definition) is 3. The van der Waals surface area contributed by atoms with Gasteiger partial charge >= 0.3 is 0 Å². The van der Waals surface area contributed by atoms with Gasteiger partial charge in [0.05, 0.1) is 5.52 Å². The van der Waals surface area contributed by atoms with Crippen LogP contribution in [0.15, 0.2) is 60.8 Å². The van der Waals surface area contributed by atoms with Gasteiger partial charge < -0.3 is 9.64 Å². The summed E-state index contributed by atoms with van der Waals surface area (Å²) in [5, 5.41) is 1.11. The zero-order chi connectivity index (χ0) is 17.1. The number of hydrogen-bond donors (Lipinski definition) is 0. The predicted octanol–water partition coefficient (Wildman–Crippen LogP) is 4.05. The van der Waals surface area contributed by atoms with Crippen molar-refractivity contribution in [1.82, 2.24) is 9.88 Å². The molecule has 0 saturated carbocycles. The Morgan fingerprint density at radius 1 is 1.00 bits per heavy atom. The van der Waals surface area contributed by atoms with Gasteiger partial charge in [-0.05, 0) is 43.2 Å². The Morgan fingerprint density at radius 3 is 2.56 bits per heavy atom. The quantitative estimate of drug-likeness (QED) is 0.724. The molecule has 2 aromatic carbocycles. The number of carbonyl (C=O) groups excluding carboxylic acids is 1. The van der Waals surface area contributed by atoms with Crippen LogP contribution in [0.4, 0.5) is 0 Å². The van der Waals surface area contributed by atoms with Crippen molar-refractivity contribution in [3.63, 3.8) is 0 Å². The lowest BCUT2D eigenvalue weighted by molar-refractivity contribution is 0.0793. The molecule has 0 N–H and O–H groups in total. The number of amides is 1. The fourth-order valence-electron chi connectivity index (χ4n) is 3.24. The number of para-hydroxylation sites is 1. The summed E-state index contributed by atoms with van der Waals surface area (Å²) in [4.78, 5) is 18.7. The topological polar surface area (TPSA) is 42.4 Å². The fourth-order valence-corrected chi connectivity index (χ4v) is 3.24. The van der Waals surface area contributed by atoms with E-state index >= 15 is 0 Å². The number of nitrogens with zero attached hydrogens (tertiary/aromatic N) is 2. The van der Waals surface area contributed by atoms with Gasteiger partial charge in [0.2, 0.25) is 0 Å². The normalized spacial score (nSPS) is 14.0. The van der Waals surface area contributed by atoms with Crippen molar-refractivity contribution in [1.29, 1.82) is 0 Å². The molecule has 4 heteroatoms. The number of benzene rings is 2. The van der Waals surface area contributed by atoms with Crippen LogP contribution in [0.5, 0.6) is 5.75 Å². The van der Waals surface area contributed by atoms with Gasteiger partial charge in [0.1, 0.15) is 12.4 Å². The summed E-state index contributed by atoms with van der Waals surface area (Å²) in [7, 11) is 0. The second-order valence-corrected chi connectivity index (χ2v) is 6.30. The summed E-state index contributed by atoms with van der Waals surface area (Å²) in [6.07, 6.45) is 4.00. The van der Waals surface area contributed by atoms with E-state index in [0.717, 1.165) is 53.7 Å². The molecule has 0 atom stereocenters. The van der Waals surface area contributed by atoms with Crippen molar-refractivity contribution in [2.75, 3.05) is 13.1 Å². The van der Waals surface area contributed by atoms with Gasteiger partial charge in [-0.15, -0.1) is 0 Å². The van der Waals surface area contributed by atoms with E-state index in [0.29, 0.717) is 6.61 Å². The molecule has 4 nitrogen and oxygen atoms in total. The van der Waals surface area contributed by atoms with Gasteiger partial charge in [0, 0.05) is 35.8 Å². The van der Waals surface area contributed by atoms with Crippen molar-refractivity contribution in [2.24, 2.45) is 0 Å². The molecule has 0 spiro atoms. The van der Waals surface area contributed by atoms with Crippen LogP contribution >= 0.6 is 0 Å². The molecule has 4 rings (SSSR count). The highest BCUT2D eigenvalue weighted by molar-refractivity contribution is 5.94. The van der Waals surface area contributed by atoms with E-state index in [1.54, 1.807) is 6.20 Å². The van der Waals surface area contributed by atoms with Crippen molar-refractivity contribution in [2.45, 2.75) is 19.4 Å². The Kier molecular flexibility index (Phi) is 4.34. The highest BCUT2D eigenvalue weighted by Gasteiger charge is 2.19. The first kappa shape index (κ1) is 15.6. The molecule has 0 aliphatic carbocycles. The van der Waals surface area contributed by atoms with Crippen LogP contribution in [0.25, 0.3) is 10.9 Å². The number of likely N-dealkylation sites (tertiary alicyclic amines) is 1. The minimum atomic E-state index is 0.113. The summed E-state index contributed by atoms with van der Waals surface area (Å²) in [5.74, 6) is 0.869. The van der Waals surface area contributed by atoms with Crippen LogP contribution in [0.1, 0.15) is 28.8 Å². The zero-order valence-electron chi connectivity index (χ0n) is 14.0. The van der Waals surface area contributed by atoms with E-state index in [1.807, 2.05) is 59.5 Å². The van der Waals surface area contributed by atoms with E-state index in [-0.39, 0.29) is 5.91 Å². The lowest BCUT2D eigenvalue weighted by Crippen LogP contribution is -2.27. The third kappa shape index (κ3) is 3.33. The van der Waals surface area contributed by atoms with E-state index < -0.39 is 0 Å². The number of aromatic nitrogens is 1. The minimum absolute atomic E-state index is 0.113. The van der Waals surface area contributed by atoms with Gasteiger partial charge in [0.15, 0.2) is 0 Å². The fraction of sp³-hybridized carbons (Fsp3) is 0.238. The Hall–Kier alpha value is -2.88. The van der Waals surface area contributed by atoms with Gasteiger partial charge in [0.25, 0.3) is 5.91 Å². The Labute approximate surface area is 147 Å². The molecule has 2 heterocycles. The highest BCUT2D eigenvalue weighted by Crippen LogP contribution is 2.20. The summed E-state index contributed by atoms with van der Waals surface area (Å²) in [6.45, 7) is 2.18. The minimum Gasteiger partial charge on any atom is -0.489 e. The molecule has 1 fully saturated rings. The maximum atomic E-state index is 12.4. The summed E-state index contributed by atoms with van der Waals surface area (Å²) in [6, 6.07) is 17.5. The average molecular weight is 332 g/mol. The van der Waals surface area contributed by atoms with Crippen LogP contribution < -0.4 is 4.74 Å². The molecule has 1 aromatic heterocycles. The van der Waals surface area contributed by atoms with Crippen molar-refractivity contribution in [3.8, 4) is 5.75 Å². The predicted molar refractivity (Wildman–Crippen MR) is 97.7 cm³/mol. The molecule has 3 aromatic rings. The van der Waals surface area contributed by atoms with Crippen molar-refractivity contribution < 1.29 is 9.53 Å². The maximum absolute atomic E-state index is 12.4. The van der Waals surface area contributed by atoms with Crippen LogP contribution in [0, 0.1) is 0 Å². The van der Waals surface area contributed by atoms with E-state index in [4.69, 9.17) is 4.74 Å². The first-order valence-electron chi connectivity index (χ1n) is 8.66. The molecule has 1 amide bonds. The Morgan fingerprint density at radius 2 is 1.76 bits per heavy atom. The van der Waals surface area contributed by atoms with E-state index in [9.17, 15) is 4.79 Å². The summed E-state index contributed by atoms with van der Waals surface area (Å²) in [5.41, 5.74) is 2.74. The molecule has 0 bridgehead atoms. The standard InChI is InChI=1S/C21H20N2O2/c24-21(23-13-1-2-14-23)17-8-10-19(11-9-17)25-15-18-6-3-5-16-7-4-12-22-20(16)18/h3-12H,1-2,13-15H2. The summed E-state index contributed by atoms with van der Waals surface area (Å²) < 4.78 is 5.90. The molecular formula is C21H20N2O2. The molecule has 1 aliphatic heterocycles. The number of carbonyl (C=O) groups is 1. The number of ether oxygens (including phenoxy) is 1. The van der Waals surface area contributed by atoms with E-state index in [1.165, 1.54) is 0 Å². The molecule has 126 valence electrons. The van der Waals surface area contributed by atoms with Crippen LogP contribution in [-0.4, -0.2) is 28.9 Å². The average Bonchev–Trinajstić information content (AvgIpc) is 3.21. The number of rotatable bonds is 4. The Balaban J connectivity index is 1.45. The maximum Gasteiger partial charge on any atom is 0.253 e. The third-order valence-electron chi connectivity index (χ3n) is 4.61. The lowest BCUT2D eigenvalue weighted by Gasteiger charge is -2.15. The summed E-state index contributed by atoms with van der Waals surface area (Å²) >= 11 is 0. The SMILES string of the molecule is O=C(c1ccc(OCc2cccc3cccnc23)cc1)N1CCCC1.